The molecule has 1 fully saturated rings. The highest BCUT2D eigenvalue weighted by molar-refractivity contribution is 5.90. The van der Waals surface area contributed by atoms with Crippen LogP contribution >= 0.6 is 0 Å². The molecule has 1 N–H and O–H groups in total. The van der Waals surface area contributed by atoms with Crippen LogP contribution in [0.4, 0.5) is 0 Å². The molecule has 2 aliphatic heterocycles. The Kier molecular flexibility index (Phi) is 5.21. The van der Waals surface area contributed by atoms with E-state index in [9.17, 15) is 0 Å². The average molecular weight is 349 g/mol. The number of hydrogen-bond acceptors (Lipinski definition) is 4. The predicted octanol–water partition coefficient (Wildman–Crippen LogP) is 4.00. The zero-order valence-corrected chi connectivity index (χ0v) is 15.4. The largest absolute Gasteiger partial charge is 0.493 e. The molecular weight excluding hydrogens is 322 g/mol. The van der Waals surface area contributed by atoms with Crippen molar-refractivity contribution in [2.75, 3.05) is 19.7 Å². The molecule has 0 aliphatic carbocycles. The third-order valence-corrected chi connectivity index (χ3v) is 5.28. The van der Waals surface area contributed by atoms with Gasteiger partial charge in [0.1, 0.15) is 5.75 Å². The van der Waals surface area contributed by atoms with Crippen LogP contribution in [-0.4, -0.2) is 30.3 Å². The molecule has 0 spiro atoms. The molecule has 0 saturated carbocycles. The molecule has 2 unspecified atom stereocenters. The number of hydrogen-bond donors (Lipinski definition) is 1. The maximum absolute atomic E-state index is 6.00. The number of benzene rings is 2. The zero-order valence-electron chi connectivity index (χ0n) is 15.4. The number of nitrogens with zero attached hydrogens (tertiary/aromatic N) is 2. The smallest absolute Gasteiger partial charge is 0.124 e. The third-order valence-electron chi connectivity index (χ3n) is 5.28. The van der Waals surface area contributed by atoms with Crippen molar-refractivity contribution in [3.8, 4) is 5.75 Å². The highest BCUT2D eigenvalue weighted by Gasteiger charge is 2.38. The summed E-state index contributed by atoms with van der Waals surface area (Å²) in [5, 5.41) is 4.66. The minimum absolute atomic E-state index is 0.205. The Hall–Kier alpha value is -2.33. The summed E-state index contributed by atoms with van der Waals surface area (Å²) >= 11 is 0. The molecule has 2 aromatic carbocycles. The summed E-state index contributed by atoms with van der Waals surface area (Å²) in [6.07, 6.45) is 2.06. The van der Waals surface area contributed by atoms with Gasteiger partial charge in [-0.1, -0.05) is 55.5 Å². The second-order valence-corrected chi connectivity index (χ2v) is 7.17. The molecule has 4 rings (SSSR count). The van der Waals surface area contributed by atoms with E-state index in [1.54, 1.807) is 0 Å². The lowest BCUT2D eigenvalue weighted by Gasteiger charge is -2.34. The molecule has 136 valence electrons. The van der Waals surface area contributed by atoms with Crippen LogP contribution < -0.4 is 10.2 Å². The maximum Gasteiger partial charge on any atom is 0.124 e. The van der Waals surface area contributed by atoms with Crippen molar-refractivity contribution in [2.24, 2.45) is 11.0 Å². The van der Waals surface area contributed by atoms with Gasteiger partial charge >= 0.3 is 0 Å². The SMILES string of the molecule is CCCOc1ccccc1C1NN=C2CCN(Cc3ccccc3)CC21. The van der Waals surface area contributed by atoms with Gasteiger partial charge < -0.3 is 10.2 Å². The summed E-state index contributed by atoms with van der Waals surface area (Å²) in [6.45, 7) is 6.01. The van der Waals surface area contributed by atoms with Crippen LogP contribution in [-0.2, 0) is 6.54 Å². The first-order valence-corrected chi connectivity index (χ1v) is 9.65. The van der Waals surface area contributed by atoms with Gasteiger partial charge in [0.2, 0.25) is 0 Å². The summed E-state index contributed by atoms with van der Waals surface area (Å²) in [6, 6.07) is 19.3. The Labute approximate surface area is 155 Å². The van der Waals surface area contributed by atoms with Crippen LogP contribution in [0.5, 0.6) is 5.75 Å². The number of likely N-dealkylation sites (tertiary alicyclic amines) is 1. The summed E-state index contributed by atoms with van der Waals surface area (Å²) in [4.78, 5) is 2.55. The monoisotopic (exact) mass is 349 g/mol. The van der Waals surface area contributed by atoms with Gasteiger partial charge in [0.15, 0.2) is 0 Å². The van der Waals surface area contributed by atoms with Crippen LogP contribution in [0.25, 0.3) is 0 Å². The lowest BCUT2D eigenvalue weighted by atomic mass is 9.86. The topological polar surface area (TPSA) is 36.9 Å². The van der Waals surface area contributed by atoms with E-state index in [0.717, 1.165) is 44.8 Å². The Morgan fingerprint density at radius 1 is 1.12 bits per heavy atom. The molecule has 26 heavy (non-hydrogen) atoms. The number of piperidine rings is 1. The molecule has 4 heteroatoms. The maximum atomic E-state index is 6.00. The number of nitrogens with one attached hydrogen (secondary N) is 1. The van der Waals surface area contributed by atoms with Crippen molar-refractivity contribution in [3.63, 3.8) is 0 Å². The van der Waals surface area contributed by atoms with Crippen molar-refractivity contribution >= 4 is 5.71 Å². The highest BCUT2D eigenvalue weighted by Crippen LogP contribution is 2.37. The van der Waals surface area contributed by atoms with Gasteiger partial charge in [0.05, 0.1) is 12.6 Å². The fourth-order valence-electron chi connectivity index (χ4n) is 3.96. The minimum Gasteiger partial charge on any atom is -0.493 e. The molecule has 0 bridgehead atoms. The quantitative estimate of drug-likeness (QED) is 0.856. The Balaban J connectivity index is 1.50. The number of para-hydroxylation sites is 1. The van der Waals surface area contributed by atoms with Crippen LogP contribution in [0.1, 0.15) is 36.9 Å². The fraction of sp³-hybridized carbons (Fsp3) is 0.409. The second-order valence-electron chi connectivity index (χ2n) is 7.17. The van der Waals surface area contributed by atoms with Gasteiger partial charge in [0.25, 0.3) is 0 Å². The van der Waals surface area contributed by atoms with Gasteiger partial charge in [-0.2, -0.15) is 5.10 Å². The van der Waals surface area contributed by atoms with Crippen molar-refractivity contribution in [1.82, 2.24) is 10.3 Å². The Morgan fingerprint density at radius 3 is 2.77 bits per heavy atom. The average Bonchev–Trinajstić information content (AvgIpc) is 3.10. The normalized spacial score (nSPS) is 22.4. The summed E-state index contributed by atoms with van der Waals surface area (Å²) in [5.41, 5.74) is 7.31. The van der Waals surface area contributed by atoms with E-state index < -0.39 is 0 Å². The molecule has 1 saturated heterocycles. The number of ether oxygens (including phenoxy) is 1. The van der Waals surface area contributed by atoms with Crippen molar-refractivity contribution < 1.29 is 4.74 Å². The Bertz CT molecular complexity index is 759. The third kappa shape index (κ3) is 3.61. The second kappa shape index (κ2) is 7.92. The molecule has 0 aromatic heterocycles. The molecule has 2 aromatic rings. The van der Waals surface area contributed by atoms with E-state index in [1.165, 1.54) is 16.8 Å². The van der Waals surface area contributed by atoms with E-state index >= 15 is 0 Å². The first-order chi connectivity index (χ1) is 12.8. The van der Waals surface area contributed by atoms with Crippen molar-refractivity contribution in [1.29, 1.82) is 0 Å². The van der Waals surface area contributed by atoms with E-state index in [4.69, 9.17) is 4.74 Å². The number of fused-ring (bicyclic) bond motifs is 1. The lowest BCUT2D eigenvalue weighted by Crippen LogP contribution is -2.41. The van der Waals surface area contributed by atoms with E-state index in [-0.39, 0.29) is 6.04 Å². The molecular formula is C22H27N3O. The van der Waals surface area contributed by atoms with Gasteiger partial charge in [-0.3, -0.25) is 4.90 Å². The molecule has 0 amide bonds. The first kappa shape index (κ1) is 17.1. The van der Waals surface area contributed by atoms with Crippen LogP contribution in [0.2, 0.25) is 0 Å². The van der Waals surface area contributed by atoms with Gasteiger partial charge in [0, 0.05) is 43.2 Å². The summed E-state index contributed by atoms with van der Waals surface area (Å²) in [5.74, 6) is 1.40. The molecule has 2 atom stereocenters. The van der Waals surface area contributed by atoms with Crippen LogP contribution in [0.3, 0.4) is 0 Å². The molecule has 2 heterocycles. The van der Waals surface area contributed by atoms with Gasteiger partial charge in [-0.25, -0.2) is 0 Å². The van der Waals surface area contributed by atoms with Crippen LogP contribution in [0, 0.1) is 5.92 Å². The lowest BCUT2D eigenvalue weighted by molar-refractivity contribution is 0.218. The predicted molar refractivity (Wildman–Crippen MR) is 105 cm³/mol. The van der Waals surface area contributed by atoms with Crippen LogP contribution in [0.15, 0.2) is 59.7 Å². The molecule has 2 aliphatic rings. The van der Waals surface area contributed by atoms with Gasteiger partial charge in [-0.15, -0.1) is 0 Å². The summed E-state index contributed by atoms with van der Waals surface area (Å²) < 4.78 is 6.00. The minimum atomic E-state index is 0.205. The van der Waals surface area contributed by atoms with E-state index in [0.29, 0.717) is 5.92 Å². The Morgan fingerprint density at radius 2 is 1.92 bits per heavy atom. The highest BCUT2D eigenvalue weighted by atomic mass is 16.5. The number of hydrazone groups is 1. The molecule has 0 radical (unpaired) electrons. The van der Waals surface area contributed by atoms with E-state index in [1.807, 2.05) is 6.07 Å². The number of rotatable bonds is 6. The summed E-state index contributed by atoms with van der Waals surface area (Å²) in [7, 11) is 0. The molecule has 4 nitrogen and oxygen atoms in total. The van der Waals surface area contributed by atoms with E-state index in [2.05, 4.69) is 70.9 Å². The van der Waals surface area contributed by atoms with Crippen molar-refractivity contribution in [2.45, 2.75) is 32.4 Å². The van der Waals surface area contributed by atoms with Gasteiger partial charge in [-0.05, 0) is 18.1 Å². The first-order valence-electron chi connectivity index (χ1n) is 9.65. The zero-order chi connectivity index (χ0) is 17.8. The fourth-order valence-corrected chi connectivity index (χ4v) is 3.96. The van der Waals surface area contributed by atoms with Crippen molar-refractivity contribution in [3.05, 3.63) is 65.7 Å². The standard InChI is InChI=1S/C22H27N3O/c1-2-14-26-21-11-7-6-10-18(21)22-19-16-25(13-12-20(19)23-24-22)15-17-8-4-3-5-9-17/h3-11,19,22,24H,2,12-16H2,1H3.